The van der Waals surface area contributed by atoms with Gasteiger partial charge in [0.2, 0.25) is 0 Å². The molecule has 0 bridgehead atoms. The molecular formula is C63H75N9S. The van der Waals surface area contributed by atoms with Crippen molar-refractivity contribution in [3.8, 4) is 11.1 Å². The highest BCUT2D eigenvalue weighted by atomic mass is 32.1. The van der Waals surface area contributed by atoms with Gasteiger partial charge in [0.15, 0.2) is 5.13 Å². The number of likely N-dealkylation sites (tertiary alicyclic amines) is 1. The van der Waals surface area contributed by atoms with Crippen LogP contribution in [0.4, 0.5) is 16.6 Å². The van der Waals surface area contributed by atoms with Crippen LogP contribution in [0, 0.1) is 18.8 Å². The number of hydrogen-bond acceptors (Lipinski definition) is 9. The Balaban J connectivity index is 0.756. The van der Waals surface area contributed by atoms with E-state index in [9.17, 15) is 0 Å². The fraction of sp³-hybridized carbons (Fsp3) is 0.349. The summed E-state index contributed by atoms with van der Waals surface area (Å²) >= 11 is 1.65. The first-order chi connectivity index (χ1) is 35.4. The number of aryl methyl sites for hydroxylation is 3. The van der Waals surface area contributed by atoms with Gasteiger partial charge in [0.1, 0.15) is 5.82 Å². The average Bonchev–Trinajstić information content (AvgIpc) is 3.97. The average molecular weight is 990 g/mol. The number of fused-ring (bicyclic) bond motifs is 3. The number of piperidine rings is 1. The number of rotatable bonds is 22. The van der Waals surface area contributed by atoms with E-state index in [1.165, 1.54) is 70.0 Å². The number of thiazole rings is 1. The predicted molar refractivity (Wildman–Crippen MR) is 312 cm³/mol. The van der Waals surface area contributed by atoms with E-state index in [4.69, 9.17) is 15.1 Å². The number of allylic oxidation sites excluding steroid dienone is 2. The minimum atomic E-state index is 0.119. The van der Waals surface area contributed by atoms with Crippen molar-refractivity contribution in [2.75, 3.05) is 48.8 Å². The highest BCUT2D eigenvalue weighted by molar-refractivity contribution is 7.22. The maximum absolute atomic E-state index is 5.23. The lowest BCUT2D eigenvalue weighted by atomic mass is 9.86. The summed E-state index contributed by atoms with van der Waals surface area (Å²) < 4.78 is 3.21. The standard InChI is InChI=1S/C63H75N9S/c1-11-14-19-52(44(7)64-9)61-54-27-29-57(49(12-2)62(54)70(10)69-61)65-43(6)39-71-34-31-46(32-35-71)24-23-41(4)37-47-25-26-50(42(5)38-47)53-28-30-60(67-56(53)13-3)72-36-33-48-18-17-20-51(55(48)40-72)45(8)66-63-68-58-21-15-16-22-59(58)73-63/h11,13,15-18,20-22,25-30,38,41,46,52,64-65H,1,3,6-8,12,14,19,23-24,31-37,39-40H2,2,4-5,9-10H3,(H,66,68). The van der Waals surface area contributed by atoms with Gasteiger partial charge in [-0.25, -0.2) is 9.97 Å². The summed E-state index contributed by atoms with van der Waals surface area (Å²) in [6.45, 7) is 33.1. The summed E-state index contributed by atoms with van der Waals surface area (Å²) in [6.07, 6.45) is 13.7. The number of nitrogens with zero attached hydrogens (tertiary/aromatic N) is 6. The van der Waals surface area contributed by atoms with Gasteiger partial charge in [0, 0.05) is 84.5 Å². The Bertz CT molecular complexity index is 3130. The zero-order chi connectivity index (χ0) is 51.2. The van der Waals surface area contributed by atoms with E-state index in [1.807, 2.05) is 31.3 Å². The van der Waals surface area contributed by atoms with E-state index in [0.29, 0.717) is 5.92 Å². The Kier molecular flexibility index (Phi) is 16.1. The fourth-order valence-corrected chi connectivity index (χ4v) is 12.4. The van der Waals surface area contributed by atoms with E-state index in [-0.39, 0.29) is 5.92 Å². The molecule has 0 amide bonds. The third kappa shape index (κ3) is 11.4. The second-order valence-electron chi connectivity index (χ2n) is 20.5. The number of para-hydroxylation sites is 1. The largest absolute Gasteiger partial charge is 0.391 e. The molecule has 2 atom stereocenters. The lowest BCUT2D eigenvalue weighted by Gasteiger charge is -2.33. The van der Waals surface area contributed by atoms with Crippen LogP contribution in [0.15, 0.2) is 135 Å². The molecule has 9 rings (SSSR count). The molecule has 1 fully saturated rings. The number of hydrogen-bond donors (Lipinski definition) is 3. The van der Waals surface area contributed by atoms with Gasteiger partial charge in [-0.15, -0.1) is 6.58 Å². The van der Waals surface area contributed by atoms with Gasteiger partial charge in [-0.3, -0.25) is 9.58 Å². The van der Waals surface area contributed by atoms with Crippen molar-refractivity contribution in [1.29, 1.82) is 0 Å². The monoisotopic (exact) mass is 990 g/mol. The van der Waals surface area contributed by atoms with Crippen molar-refractivity contribution in [2.45, 2.75) is 91.0 Å². The molecule has 9 nitrogen and oxygen atoms in total. The summed E-state index contributed by atoms with van der Waals surface area (Å²) in [6, 6.07) is 30.7. The molecule has 3 aromatic heterocycles. The molecular weight excluding hydrogens is 915 g/mol. The smallest absolute Gasteiger partial charge is 0.188 e. The molecule has 0 aliphatic carbocycles. The number of aromatic nitrogens is 4. The maximum atomic E-state index is 5.23. The predicted octanol–water partition coefficient (Wildman–Crippen LogP) is 14.5. The summed E-state index contributed by atoms with van der Waals surface area (Å²) in [5, 5.41) is 17.6. The minimum absolute atomic E-state index is 0.119. The number of benzene rings is 4. The Hall–Kier alpha value is -6.75. The second-order valence-corrected chi connectivity index (χ2v) is 21.6. The van der Waals surface area contributed by atoms with Gasteiger partial charge in [-0.05, 0) is 147 Å². The molecule has 2 unspecified atom stereocenters. The van der Waals surface area contributed by atoms with Crippen molar-refractivity contribution >= 4 is 60.9 Å². The molecule has 7 aromatic rings. The topological polar surface area (TPSA) is 86.2 Å². The molecule has 2 aliphatic heterocycles. The normalized spacial score (nSPS) is 14.9. The van der Waals surface area contributed by atoms with Crippen LogP contribution < -0.4 is 20.9 Å². The highest BCUT2D eigenvalue weighted by Crippen LogP contribution is 2.38. The first kappa shape index (κ1) is 51.2. The maximum Gasteiger partial charge on any atom is 0.188 e. The molecule has 10 heteroatoms. The van der Waals surface area contributed by atoms with Crippen LogP contribution in [0.2, 0.25) is 0 Å². The molecule has 0 spiro atoms. The Morgan fingerprint density at radius 1 is 0.904 bits per heavy atom. The Labute approximate surface area is 438 Å². The third-order valence-corrected chi connectivity index (χ3v) is 16.4. The number of pyridine rings is 1. The van der Waals surface area contributed by atoms with E-state index in [1.54, 1.807) is 11.3 Å². The second kappa shape index (κ2) is 23.0. The van der Waals surface area contributed by atoms with Crippen LogP contribution in [0.1, 0.15) is 103 Å². The van der Waals surface area contributed by atoms with Gasteiger partial charge >= 0.3 is 0 Å². The van der Waals surface area contributed by atoms with Gasteiger partial charge in [0.05, 0.1) is 27.1 Å². The van der Waals surface area contributed by atoms with Crippen LogP contribution in [-0.2, 0) is 32.9 Å². The molecule has 0 radical (unpaired) electrons. The van der Waals surface area contributed by atoms with Crippen molar-refractivity contribution in [3.05, 3.63) is 180 Å². The lowest BCUT2D eigenvalue weighted by Crippen LogP contribution is -2.36. The van der Waals surface area contributed by atoms with Crippen molar-refractivity contribution in [1.82, 2.24) is 30.0 Å². The SMILES string of the molecule is C=CCCC(C(=C)NC)c1nn(C)c2c(CC)c(NC(=C)CN3CCC(CCC(C)Cc4ccc(-c5ccc(N6CCc7cccc(C(=C)Nc8nc9ccccc9s8)c7C6)nc5C=C)c(C)c4)CC3)ccc12. The van der Waals surface area contributed by atoms with E-state index in [0.717, 1.165) is 137 Å². The minimum Gasteiger partial charge on any atom is -0.391 e. The summed E-state index contributed by atoms with van der Waals surface area (Å²) in [4.78, 5) is 15.0. The van der Waals surface area contributed by atoms with Crippen LogP contribution in [-0.4, -0.2) is 57.9 Å². The van der Waals surface area contributed by atoms with Crippen molar-refractivity contribution in [3.63, 3.8) is 0 Å². The van der Waals surface area contributed by atoms with Gasteiger partial charge in [-0.1, -0.05) is 119 Å². The quantitative estimate of drug-likeness (QED) is 0.0579. The first-order valence-electron chi connectivity index (χ1n) is 26.5. The van der Waals surface area contributed by atoms with Crippen molar-refractivity contribution in [2.24, 2.45) is 18.9 Å². The van der Waals surface area contributed by atoms with E-state index < -0.39 is 0 Å². The molecule has 2 aliphatic rings. The molecule has 5 heterocycles. The molecule has 3 N–H and O–H groups in total. The highest BCUT2D eigenvalue weighted by Gasteiger charge is 2.26. The van der Waals surface area contributed by atoms with E-state index in [2.05, 4.69) is 164 Å². The fourth-order valence-electron chi connectivity index (χ4n) is 11.5. The summed E-state index contributed by atoms with van der Waals surface area (Å²) in [5.74, 6) is 2.48. The first-order valence-corrected chi connectivity index (χ1v) is 27.3. The van der Waals surface area contributed by atoms with Gasteiger partial charge in [0.25, 0.3) is 0 Å². The molecule has 73 heavy (non-hydrogen) atoms. The van der Waals surface area contributed by atoms with Gasteiger partial charge in [-0.2, -0.15) is 5.10 Å². The molecule has 0 saturated carbocycles. The third-order valence-electron chi connectivity index (χ3n) is 15.5. The van der Waals surface area contributed by atoms with Crippen molar-refractivity contribution < 1.29 is 0 Å². The zero-order valence-electron chi connectivity index (χ0n) is 44.0. The van der Waals surface area contributed by atoms with Crippen LogP contribution in [0.3, 0.4) is 0 Å². The van der Waals surface area contributed by atoms with Crippen LogP contribution in [0.5, 0.6) is 0 Å². The van der Waals surface area contributed by atoms with E-state index >= 15 is 0 Å². The van der Waals surface area contributed by atoms with Gasteiger partial charge < -0.3 is 20.9 Å². The summed E-state index contributed by atoms with van der Waals surface area (Å²) in [7, 11) is 4.00. The number of likely N-dealkylation sites (N-methyl/N-ethyl adjacent to an activating group) is 1. The Morgan fingerprint density at radius 2 is 1.71 bits per heavy atom. The number of nitrogens with one attached hydrogen (secondary N) is 3. The Morgan fingerprint density at radius 3 is 2.47 bits per heavy atom. The zero-order valence-corrected chi connectivity index (χ0v) is 44.8. The lowest BCUT2D eigenvalue weighted by molar-refractivity contribution is 0.186. The molecule has 1 saturated heterocycles. The van der Waals surface area contributed by atoms with Crippen LogP contribution in [0.25, 0.3) is 44.0 Å². The molecule has 378 valence electrons. The molecule has 4 aromatic carbocycles. The van der Waals surface area contributed by atoms with Crippen LogP contribution >= 0.6 is 11.3 Å². The number of anilines is 3. The summed E-state index contributed by atoms with van der Waals surface area (Å²) in [5.41, 5.74) is 18.3.